The van der Waals surface area contributed by atoms with E-state index in [-0.39, 0.29) is 0 Å². The molecule has 0 rings (SSSR count). The fourth-order valence-corrected chi connectivity index (χ4v) is 1.59. The van der Waals surface area contributed by atoms with Gasteiger partial charge in [0.25, 0.3) is 0 Å². The minimum atomic E-state index is -4.63. The average Bonchev–Trinajstić information content (AvgIpc) is 1.94. The average molecular weight is 269 g/mol. The second-order valence-corrected chi connectivity index (χ2v) is 6.44. The van der Waals surface area contributed by atoms with E-state index < -0.39 is 35.1 Å². The number of carbonyl (C=O) groups excluding carboxylic acids is 1. The van der Waals surface area contributed by atoms with Gasteiger partial charge >= 0.3 is 12.1 Å². The molecule has 0 aliphatic rings. The molecule has 0 amide bonds. The Morgan fingerprint density at radius 1 is 1.06 bits per heavy atom. The highest BCUT2D eigenvalue weighted by molar-refractivity contribution is 5.74. The standard InChI is InChI=1S/C12H22F3NO2/c1-10(2,3)7(8(16)12(13,14)15)9(17)18-11(4,5)6/h7-8H,16H2,1-6H3/t7-,8-/m0/s1. The summed E-state index contributed by atoms with van der Waals surface area (Å²) in [5, 5.41) is 0. The number of alkyl halides is 3. The summed E-state index contributed by atoms with van der Waals surface area (Å²) in [5.41, 5.74) is 3.40. The number of carbonyl (C=O) groups is 1. The summed E-state index contributed by atoms with van der Waals surface area (Å²) in [6, 6.07) is -2.23. The summed E-state index contributed by atoms with van der Waals surface area (Å²) in [6.45, 7) is 9.41. The molecule has 0 aromatic heterocycles. The molecule has 3 nitrogen and oxygen atoms in total. The second kappa shape index (κ2) is 5.07. The van der Waals surface area contributed by atoms with Crippen LogP contribution in [-0.2, 0) is 9.53 Å². The van der Waals surface area contributed by atoms with Crippen LogP contribution in [0.15, 0.2) is 0 Å². The summed E-state index contributed by atoms with van der Waals surface area (Å²) < 4.78 is 43.1. The fourth-order valence-electron chi connectivity index (χ4n) is 1.59. The van der Waals surface area contributed by atoms with Crippen LogP contribution in [0.2, 0.25) is 0 Å². The molecule has 0 spiro atoms. The zero-order valence-electron chi connectivity index (χ0n) is 11.7. The SMILES string of the molecule is CC(C)(C)OC(=O)[C@H]([C@H](N)C(F)(F)F)C(C)(C)C. The quantitative estimate of drug-likeness (QED) is 0.784. The Balaban J connectivity index is 5.22. The first-order chi connectivity index (χ1) is 7.66. The molecule has 0 saturated heterocycles. The van der Waals surface area contributed by atoms with Crippen molar-refractivity contribution in [2.75, 3.05) is 0 Å². The second-order valence-electron chi connectivity index (χ2n) is 6.44. The molecule has 0 radical (unpaired) electrons. The highest BCUT2D eigenvalue weighted by Crippen LogP contribution is 2.36. The largest absolute Gasteiger partial charge is 0.460 e. The number of ether oxygens (including phenoxy) is 1. The Bertz CT molecular complexity index is 300. The lowest BCUT2D eigenvalue weighted by Crippen LogP contribution is -2.53. The lowest BCUT2D eigenvalue weighted by atomic mass is 9.76. The van der Waals surface area contributed by atoms with Gasteiger partial charge in [-0.05, 0) is 26.2 Å². The summed E-state index contributed by atoms with van der Waals surface area (Å²) in [5.74, 6) is -2.35. The molecular formula is C12H22F3NO2. The summed E-state index contributed by atoms with van der Waals surface area (Å²) >= 11 is 0. The third-order valence-electron chi connectivity index (χ3n) is 2.33. The monoisotopic (exact) mass is 269 g/mol. The molecule has 0 aromatic carbocycles. The van der Waals surface area contributed by atoms with Gasteiger partial charge in [0.05, 0.1) is 5.92 Å². The topological polar surface area (TPSA) is 52.3 Å². The lowest BCUT2D eigenvalue weighted by molar-refractivity contribution is -0.191. The Morgan fingerprint density at radius 2 is 1.44 bits per heavy atom. The molecular weight excluding hydrogens is 247 g/mol. The molecule has 18 heavy (non-hydrogen) atoms. The zero-order valence-corrected chi connectivity index (χ0v) is 11.7. The van der Waals surface area contributed by atoms with E-state index in [4.69, 9.17) is 10.5 Å². The minimum Gasteiger partial charge on any atom is -0.460 e. The van der Waals surface area contributed by atoms with Gasteiger partial charge in [0.1, 0.15) is 11.6 Å². The molecule has 0 fully saturated rings. The molecule has 2 atom stereocenters. The Morgan fingerprint density at radius 3 is 1.67 bits per heavy atom. The maximum absolute atomic E-state index is 12.7. The molecule has 108 valence electrons. The van der Waals surface area contributed by atoms with Crippen LogP contribution in [0.3, 0.4) is 0 Å². The predicted molar refractivity (Wildman–Crippen MR) is 62.8 cm³/mol. The number of hydrogen-bond acceptors (Lipinski definition) is 3. The Hall–Kier alpha value is -0.780. The molecule has 0 heterocycles. The summed E-state index contributed by atoms with van der Waals surface area (Å²) in [6.07, 6.45) is -4.63. The van der Waals surface area contributed by atoms with Crippen LogP contribution in [0.25, 0.3) is 0 Å². The van der Waals surface area contributed by atoms with Crippen molar-refractivity contribution < 1.29 is 22.7 Å². The highest BCUT2D eigenvalue weighted by atomic mass is 19.4. The minimum absolute atomic E-state index is 0.841. The number of halogens is 3. The van der Waals surface area contributed by atoms with E-state index in [2.05, 4.69) is 0 Å². The Labute approximate surface area is 106 Å². The van der Waals surface area contributed by atoms with E-state index >= 15 is 0 Å². The third kappa shape index (κ3) is 5.25. The van der Waals surface area contributed by atoms with Gasteiger partial charge in [-0.3, -0.25) is 4.79 Å². The molecule has 0 aromatic rings. The Kier molecular flexibility index (Phi) is 4.85. The normalized spacial score (nSPS) is 17.2. The van der Waals surface area contributed by atoms with Gasteiger partial charge in [-0.15, -0.1) is 0 Å². The van der Waals surface area contributed by atoms with Gasteiger partial charge in [-0.2, -0.15) is 13.2 Å². The maximum Gasteiger partial charge on any atom is 0.404 e. The molecule has 0 bridgehead atoms. The molecule has 2 N–H and O–H groups in total. The van der Waals surface area contributed by atoms with Gasteiger partial charge in [0, 0.05) is 0 Å². The van der Waals surface area contributed by atoms with Crippen molar-refractivity contribution in [3.05, 3.63) is 0 Å². The third-order valence-corrected chi connectivity index (χ3v) is 2.33. The molecule has 0 aliphatic carbocycles. The van der Waals surface area contributed by atoms with Crippen molar-refractivity contribution in [2.24, 2.45) is 17.1 Å². The van der Waals surface area contributed by atoms with Crippen molar-refractivity contribution in [3.63, 3.8) is 0 Å². The van der Waals surface area contributed by atoms with Crippen LogP contribution in [0, 0.1) is 11.3 Å². The van der Waals surface area contributed by atoms with Crippen LogP contribution in [-0.4, -0.2) is 23.8 Å². The van der Waals surface area contributed by atoms with Gasteiger partial charge in [0.15, 0.2) is 0 Å². The van der Waals surface area contributed by atoms with E-state index in [1.165, 1.54) is 20.8 Å². The first-order valence-corrected chi connectivity index (χ1v) is 5.71. The van der Waals surface area contributed by atoms with Crippen molar-refractivity contribution in [3.8, 4) is 0 Å². The summed E-state index contributed by atoms with van der Waals surface area (Å²) in [7, 11) is 0. The van der Waals surface area contributed by atoms with Crippen molar-refractivity contribution in [1.82, 2.24) is 0 Å². The van der Waals surface area contributed by atoms with E-state index in [1.54, 1.807) is 20.8 Å². The van der Waals surface area contributed by atoms with Gasteiger partial charge < -0.3 is 10.5 Å². The van der Waals surface area contributed by atoms with Crippen LogP contribution < -0.4 is 5.73 Å². The number of nitrogens with two attached hydrogens (primary N) is 1. The van der Waals surface area contributed by atoms with E-state index in [0.717, 1.165) is 0 Å². The molecule has 6 heteroatoms. The zero-order chi connectivity index (χ0) is 14.9. The number of esters is 1. The van der Waals surface area contributed by atoms with Crippen molar-refractivity contribution in [1.29, 1.82) is 0 Å². The number of hydrogen-bond donors (Lipinski definition) is 1. The molecule has 0 unspecified atom stereocenters. The van der Waals surface area contributed by atoms with E-state index in [9.17, 15) is 18.0 Å². The first kappa shape index (κ1) is 17.2. The van der Waals surface area contributed by atoms with Gasteiger partial charge in [0.2, 0.25) is 0 Å². The number of rotatable bonds is 2. The predicted octanol–water partition coefficient (Wildman–Crippen LogP) is 2.88. The van der Waals surface area contributed by atoms with Gasteiger partial charge in [-0.25, -0.2) is 0 Å². The van der Waals surface area contributed by atoms with Crippen molar-refractivity contribution >= 4 is 5.97 Å². The molecule has 0 aliphatic heterocycles. The van der Waals surface area contributed by atoms with Crippen LogP contribution in [0.5, 0.6) is 0 Å². The smallest absolute Gasteiger partial charge is 0.404 e. The van der Waals surface area contributed by atoms with Crippen LogP contribution in [0.4, 0.5) is 13.2 Å². The molecule has 0 saturated carbocycles. The maximum atomic E-state index is 12.7. The van der Waals surface area contributed by atoms with E-state index in [0.29, 0.717) is 0 Å². The summed E-state index contributed by atoms with van der Waals surface area (Å²) in [4.78, 5) is 11.9. The van der Waals surface area contributed by atoms with E-state index in [1.807, 2.05) is 0 Å². The fraction of sp³-hybridized carbons (Fsp3) is 0.917. The highest BCUT2D eigenvalue weighted by Gasteiger charge is 2.50. The van der Waals surface area contributed by atoms with Crippen LogP contribution in [0.1, 0.15) is 41.5 Å². The van der Waals surface area contributed by atoms with Crippen LogP contribution >= 0.6 is 0 Å². The first-order valence-electron chi connectivity index (χ1n) is 5.71. The lowest BCUT2D eigenvalue weighted by Gasteiger charge is -2.36. The van der Waals surface area contributed by atoms with Crippen molar-refractivity contribution in [2.45, 2.75) is 59.4 Å². The van der Waals surface area contributed by atoms with Gasteiger partial charge in [-0.1, -0.05) is 20.8 Å².